The molecule has 0 unspecified atom stereocenters. The van der Waals surface area contributed by atoms with Gasteiger partial charge in [-0.05, 0) is 50.3 Å². The molecule has 33 heavy (non-hydrogen) atoms. The molecule has 5 rings (SSSR count). The Balaban J connectivity index is 1.13. The number of rotatable bonds is 4. The first-order chi connectivity index (χ1) is 16.0. The molecule has 0 atom stereocenters. The summed E-state index contributed by atoms with van der Waals surface area (Å²) in [5, 5.41) is 10.1. The van der Waals surface area contributed by atoms with Gasteiger partial charge in [0.2, 0.25) is 22.1 Å². The third-order valence-corrected chi connectivity index (χ3v) is 8.34. The van der Waals surface area contributed by atoms with Crippen molar-refractivity contribution in [2.45, 2.75) is 39.5 Å². The van der Waals surface area contributed by atoms with Crippen molar-refractivity contribution in [2.24, 2.45) is 5.92 Å². The van der Waals surface area contributed by atoms with Crippen LogP contribution in [0.1, 0.15) is 36.8 Å². The van der Waals surface area contributed by atoms with Crippen LogP contribution in [0.25, 0.3) is 0 Å². The summed E-state index contributed by atoms with van der Waals surface area (Å²) < 4.78 is 0. The molecule has 1 aromatic carbocycles. The van der Waals surface area contributed by atoms with Crippen LogP contribution in [0.15, 0.2) is 18.2 Å². The zero-order valence-corrected chi connectivity index (χ0v) is 20.3. The molecule has 0 saturated carbocycles. The summed E-state index contributed by atoms with van der Waals surface area (Å²) in [5.41, 5.74) is 3.94. The van der Waals surface area contributed by atoms with Crippen LogP contribution in [0.4, 0.5) is 16.0 Å². The quantitative estimate of drug-likeness (QED) is 0.687. The molecule has 0 N–H and O–H groups in total. The number of carbonyl (C=O) groups excluding carboxylic acids is 2. The lowest BCUT2D eigenvalue weighted by molar-refractivity contribution is -0.136. The van der Waals surface area contributed by atoms with Crippen molar-refractivity contribution < 1.29 is 9.59 Å². The van der Waals surface area contributed by atoms with E-state index in [0.29, 0.717) is 17.5 Å². The zero-order valence-electron chi connectivity index (χ0n) is 19.5. The number of aromatic nitrogens is 2. The summed E-state index contributed by atoms with van der Waals surface area (Å²) in [5.74, 6) is 0.525. The van der Waals surface area contributed by atoms with Gasteiger partial charge in [-0.25, -0.2) is 0 Å². The van der Waals surface area contributed by atoms with Crippen molar-refractivity contribution in [3.05, 3.63) is 29.3 Å². The summed E-state index contributed by atoms with van der Waals surface area (Å²) >= 11 is 1.49. The van der Waals surface area contributed by atoms with Crippen molar-refractivity contribution in [2.75, 3.05) is 60.5 Å². The Labute approximate surface area is 199 Å². The maximum Gasteiger partial charge on any atom is 0.228 e. The van der Waals surface area contributed by atoms with Crippen molar-refractivity contribution in [1.82, 2.24) is 15.1 Å². The summed E-state index contributed by atoms with van der Waals surface area (Å²) in [7, 11) is 0. The number of carbonyl (C=O) groups is 2. The second kappa shape index (κ2) is 9.29. The van der Waals surface area contributed by atoms with Crippen molar-refractivity contribution in [3.8, 4) is 0 Å². The van der Waals surface area contributed by atoms with Crippen molar-refractivity contribution in [1.29, 1.82) is 0 Å². The highest BCUT2D eigenvalue weighted by atomic mass is 32.1. The molecule has 3 aliphatic rings. The van der Waals surface area contributed by atoms with E-state index in [4.69, 9.17) is 0 Å². The molecule has 3 aliphatic heterocycles. The molecule has 4 heterocycles. The number of hydrogen-bond donors (Lipinski definition) is 0. The number of nitrogens with zero attached hydrogens (tertiary/aromatic N) is 6. The third kappa shape index (κ3) is 4.43. The van der Waals surface area contributed by atoms with E-state index in [0.717, 1.165) is 70.2 Å². The smallest absolute Gasteiger partial charge is 0.228 e. The van der Waals surface area contributed by atoms with Gasteiger partial charge in [0.15, 0.2) is 0 Å². The number of piperazine rings is 1. The Kier molecular flexibility index (Phi) is 6.23. The van der Waals surface area contributed by atoms with Crippen LogP contribution in [-0.2, 0) is 9.59 Å². The lowest BCUT2D eigenvalue weighted by atomic mass is 9.95. The lowest BCUT2D eigenvalue weighted by Gasteiger charge is -2.39. The predicted octanol–water partition coefficient (Wildman–Crippen LogP) is 2.85. The average Bonchev–Trinajstić information content (AvgIpc) is 3.50. The molecule has 2 aromatic rings. The van der Waals surface area contributed by atoms with Gasteiger partial charge in [-0.15, -0.1) is 10.2 Å². The first-order valence-electron chi connectivity index (χ1n) is 12.0. The summed E-state index contributed by atoms with van der Waals surface area (Å²) in [6.07, 6.45) is 3.17. The molecule has 176 valence electrons. The van der Waals surface area contributed by atoms with Crippen molar-refractivity contribution in [3.63, 3.8) is 0 Å². The van der Waals surface area contributed by atoms with Gasteiger partial charge < -0.3 is 14.7 Å². The van der Waals surface area contributed by atoms with Gasteiger partial charge in [0.25, 0.3) is 0 Å². The minimum absolute atomic E-state index is 0.0843. The standard InChI is InChI=1S/C24H32N6O2S/c1-17-5-3-6-20(18(17)2)27-13-15-28(16-14-27)22(32)19-8-11-29(12-9-19)23-25-26-24(33-23)30-10-4-7-21(30)31/h3,5-6,19H,4,7-16H2,1-2H3. The zero-order chi connectivity index (χ0) is 22.9. The van der Waals surface area contributed by atoms with Gasteiger partial charge in [-0.3, -0.25) is 14.5 Å². The summed E-state index contributed by atoms with van der Waals surface area (Å²) in [6, 6.07) is 6.46. The van der Waals surface area contributed by atoms with Crippen LogP contribution in [-0.4, -0.2) is 72.7 Å². The van der Waals surface area contributed by atoms with Gasteiger partial charge >= 0.3 is 0 Å². The van der Waals surface area contributed by atoms with Crippen LogP contribution in [0.3, 0.4) is 0 Å². The van der Waals surface area contributed by atoms with Crippen LogP contribution in [0.2, 0.25) is 0 Å². The van der Waals surface area contributed by atoms with E-state index >= 15 is 0 Å². The number of amides is 2. The van der Waals surface area contributed by atoms with Gasteiger partial charge in [0, 0.05) is 63.8 Å². The molecule has 0 radical (unpaired) electrons. The highest BCUT2D eigenvalue weighted by Crippen LogP contribution is 2.33. The molecule has 0 bridgehead atoms. The topological polar surface area (TPSA) is 72.9 Å². The van der Waals surface area contributed by atoms with E-state index in [1.807, 2.05) is 0 Å². The molecule has 9 heteroatoms. The van der Waals surface area contributed by atoms with Gasteiger partial charge in [0.05, 0.1) is 0 Å². The Hall–Kier alpha value is -2.68. The molecule has 0 spiro atoms. The predicted molar refractivity (Wildman–Crippen MR) is 131 cm³/mol. The second-order valence-corrected chi connectivity index (χ2v) is 10.2. The number of benzene rings is 1. The van der Waals surface area contributed by atoms with Gasteiger partial charge in [-0.2, -0.15) is 0 Å². The van der Waals surface area contributed by atoms with E-state index in [1.165, 1.54) is 28.2 Å². The van der Waals surface area contributed by atoms with E-state index < -0.39 is 0 Å². The monoisotopic (exact) mass is 468 g/mol. The largest absolute Gasteiger partial charge is 0.368 e. The Morgan fingerprint density at radius 1 is 0.939 bits per heavy atom. The Morgan fingerprint density at radius 3 is 2.36 bits per heavy atom. The van der Waals surface area contributed by atoms with Crippen LogP contribution in [0.5, 0.6) is 0 Å². The van der Waals surface area contributed by atoms with Crippen LogP contribution in [0, 0.1) is 19.8 Å². The first kappa shape index (κ1) is 22.1. The first-order valence-corrected chi connectivity index (χ1v) is 12.8. The number of aryl methyl sites for hydroxylation is 1. The molecule has 8 nitrogen and oxygen atoms in total. The molecule has 3 saturated heterocycles. The number of hydrogen-bond acceptors (Lipinski definition) is 7. The Morgan fingerprint density at radius 2 is 1.67 bits per heavy atom. The second-order valence-electron chi connectivity index (χ2n) is 9.31. The molecule has 3 fully saturated rings. The maximum absolute atomic E-state index is 13.2. The number of anilines is 3. The van der Waals surface area contributed by atoms with Gasteiger partial charge in [0.1, 0.15) is 0 Å². The minimum atomic E-state index is 0.0843. The van der Waals surface area contributed by atoms with E-state index in [-0.39, 0.29) is 11.8 Å². The highest BCUT2D eigenvalue weighted by Gasteiger charge is 2.32. The van der Waals surface area contributed by atoms with Crippen molar-refractivity contribution >= 4 is 39.1 Å². The molecule has 1 aromatic heterocycles. The summed E-state index contributed by atoms with van der Waals surface area (Å²) in [4.78, 5) is 33.6. The minimum Gasteiger partial charge on any atom is -0.368 e. The molecular weight excluding hydrogens is 436 g/mol. The SMILES string of the molecule is Cc1cccc(N2CCN(C(=O)C3CCN(c4nnc(N5CCCC5=O)s4)CC3)CC2)c1C. The fourth-order valence-corrected chi connectivity index (χ4v) is 6.06. The van der Waals surface area contributed by atoms with Crippen LogP contribution >= 0.6 is 11.3 Å². The molecule has 2 amide bonds. The Bertz CT molecular complexity index is 1020. The molecular formula is C24H32N6O2S. The van der Waals surface area contributed by atoms with E-state index in [1.54, 1.807) is 4.90 Å². The lowest BCUT2D eigenvalue weighted by Crippen LogP contribution is -2.51. The fourth-order valence-electron chi connectivity index (χ4n) is 5.12. The molecule has 0 aliphatic carbocycles. The average molecular weight is 469 g/mol. The maximum atomic E-state index is 13.2. The van der Waals surface area contributed by atoms with E-state index in [2.05, 4.69) is 56.9 Å². The highest BCUT2D eigenvalue weighted by molar-refractivity contribution is 7.19. The summed E-state index contributed by atoms with van der Waals surface area (Å²) in [6.45, 7) is 10.0. The fraction of sp³-hybridized carbons (Fsp3) is 0.583. The van der Waals surface area contributed by atoms with Crippen LogP contribution < -0.4 is 14.7 Å². The number of piperidine rings is 1. The third-order valence-electron chi connectivity index (χ3n) is 7.33. The van der Waals surface area contributed by atoms with E-state index in [9.17, 15) is 9.59 Å². The van der Waals surface area contributed by atoms with Gasteiger partial charge in [-0.1, -0.05) is 23.5 Å². The normalized spacial score (nSPS) is 20.1.